The molecule has 0 bridgehead atoms. The van der Waals surface area contributed by atoms with Crippen molar-refractivity contribution < 1.29 is 0 Å². The fourth-order valence-corrected chi connectivity index (χ4v) is 1.77. The highest BCUT2D eigenvalue weighted by Gasteiger charge is 2.01. The van der Waals surface area contributed by atoms with Gasteiger partial charge in [0.15, 0.2) is 0 Å². The van der Waals surface area contributed by atoms with Gasteiger partial charge in [-0.1, -0.05) is 24.3 Å². The summed E-state index contributed by atoms with van der Waals surface area (Å²) in [6, 6.07) is 16.0. The smallest absolute Gasteiger partial charge is 0.0994 e. The number of aryl methyl sites for hydroxylation is 1. The zero-order valence-corrected chi connectivity index (χ0v) is 9.83. The minimum Gasteiger partial charge on any atom is -0.192 e. The van der Waals surface area contributed by atoms with E-state index in [4.69, 9.17) is 5.26 Å². The summed E-state index contributed by atoms with van der Waals surface area (Å²) in [7, 11) is 0. The van der Waals surface area contributed by atoms with Gasteiger partial charge in [-0.15, -0.1) is 12.6 Å². The largest absolute Gasteiger partial charge is 0.192 e. The monoisotopic (exact) mass is 225 g/mol. The highest BCUT2D eigenvalue weighted by atomic mass is 32.1. The topological polar surface area (TPSA) is 23.8 Å². The third kappa shape index (κ3) is 2.10. The molecule has 0 heterocycles. The standard InChI is InChI=1S/C14H11NS/c1-10-8-12(2-3-13(10)9-15)11-4-6-14(16)7-5-11/h2-8,16H,1H3. The van der Waals surface area contributed by atoms with Crippen LogP contribution in [0.1, 0.15) is 11.1 Å². The summed E-state index contributed by atoms with van der Waals surface area (Å²) in [6.07, 6.45) is 0. The molecule has 0 saturated carbocycles. The van der Waals surface area contributed by atoms with Crippen LogP contribution in [0.2, 0.25) is 0 Å². The van der Waals surface area contributed by atoms with Crippen molar-refractivity contribution in [3.8, 4) is 17.2 Å². The van der Waals surface area contributed by atoms with Gasteiger partial charge in [-0.25, -0.2) is 0 Å². The molecule has 1 nitrogen and oxygen atoms in total. The Kier molecular flexibility index (Phi) is 2.98. The first kappa shape index (κ1) is 10.8. The predicted molar refractivity (Wildman–Crippen MR) is 68.6 cm³/mol. The maximum atomic E-state index is 8.86. The molecule has 0 fully saturated rings. The highest BCUT2D eigenvalue weighted by Crippen LogP contribution is 2.23. The molecular formula is C14H11NS. The van der Waals surface area contributed by atoms with Crippen LogP contribution in [0.5, 0.6) is 0 Å². The Labute approximate surface area is 101 Å². The zero-order valence-electron chi connectivity index (χ0n) is 8.94. The highest BCUT2D eigenvalue weighted by molar-refractivity contribution is 7.80. The van der Waals surface area contributed by atoms with Crippen LogP contribution >= 0.6 is 12.6 Å². The fraction of sp³-hybridized carbons (Fsp3) is 0.0714. The van der Waals surface area contributed by atoms with Crippen LogP contribution in [0.15, 0.2) is 47.4 Å². The molecule has 0 aliphatic heterocycles. The summed E-state index contributed by atoms with van der Waals surface area (Å²) in [4.78, 5) is 0.953. The van der Waals surface area contributed by atoms with Crippen molar-refractivity contribution in [2.45, 2.75) is 11.8 Å². The molecule has 2 aromatic rings. The van der Waals surface area contributed by atoms with Crippen molar-refractivity contribution in [2.75, 3.05) is 0 Å². The van der Waals surface area contributed by atoms with Crippen LogP contribution in [0, 0.1) is 18.3 Å². The first-order valence-electron chi connectivity index (χ1n) is 5.01. The maximum Gasteiger partial charge on any atom is 0.0994 e. The van der Waals surface area contributed by atoms with Crippen molar-refractivity contribution in [1.82, 2.24) is 0 Å². The number of hydrogen-bond acceptors (Lipinski definition) is 2. The summed E-state index contributed by atoms with van der Waals surface area (Å²) >= 11 is 4.25. The van der Waals surface area contributed by atoms with Crippen molar-refractivity contribution in [1.29, 1.82) is 5.26 Å². The van der Waals surface area contributed by atoms with Gasteiger partial charge in [0, 0.05) is 4.90 Å². The van der Waals surface area contributed by atoms with Crippen molar-refractivity contribution in [3.63, 3.8) is 0 Å². The molecule has 2 heteroatoms. The number of benzene rings is 2. The second-order valence-corrected chi connectivity index (χ2v) is 4.20. The molecule has 0 radical (unpaired) electrons. The SMILES string of the molecule is Cc1cc(-c2ccc(S)cc2)ccc1C#N. The number of thiol groups is 1. The van der Waals surface area contributed by atoms with Gasteiger partial charge in [-0.05, 0) is 41.8 Å². The average Bonchev–Trinajstić information content (AvgIpc) is 2.30. The van der Waals surface area contributed by atoms with Gasteiger partial charge < -0.3 is 0 Å². The summed E-state index contributed by atoms with van der Waals surface area (Å²) < 4.78 is 0. The van der Waals surface area contributed by atoms with E-state index in [9.17, 15) is 0 Å². The quantitative estimate of drug-likeness (QED) is 0.733. The van der Waals surface area contributed by atoms with E-state index in [1.807, 2.05) is 49.4 Å². The van der Waals surface area contributed by atoms with E-state index < -0.39 is 0 Å². The number of nitrogens with zero attached hydrogens (tertiary/aromatic N) is 1. The average molecular weight is 225 g/mol. The molecule has 0 spiro atoms. The molecule has 2 aromatic carbocycles. The van der Waals surface area contributed by atoms with E-state index in [-0.39, 0.29) is 0 Å². The third-order valence-corrected chi connectivity index (χ3v) is 2.85. The van der Waals surface area contributed by atoms with E-state index >= 15 is 0 Å². The van der Waals surface area contributed by atoms with Gasteiger partial charge >= 0.3 is 0 Å². The molecule has 2 rings (SSSR count). The van der Waals surface area contributed by atoms with Crippen molar-refractivity contribution >= 4 is 12.6 Å². The Morgan fingerprint density at radius 2 is 1.62 bits per heavy atom. The lowest BCUT2D eigenvalue weighted by atomic mass is 10.0. The summed E-state index contributed by atoms with van der Waals surface area (Å²) in [6.45, 7) is 1.95. The summed E-state index contributed by atoms with van der Waals surface area (Å²) in [5.41, 5.74) is 4.01. The first-order valence-corrected chi connectivity index (χ1v) is 5.45. The Hall–Kier alpha value is -1.72. The van der Waals surface area contributed by atoms with E-state index in [0.29, 0.717) is 0 Å². The molecule has 0 aromatic heterocycles. The van der Waals surface area contributed by atoms with Gasteiger partial charge in [-0.2, -0.15) is 5.26 Å². The van der Waals surface area contributed by atoms with Crippen molar-refractivity contribution in [3.05, 3.63) is 53.6 Å². The number of hydrogen-bond donors (Lipinski definition) is 1. The molecule has 0 aliphatic rings. The minimum atomic E-state index is 0.731. The zero-order chi connectivity index (χ0) is 11.5. The van der Waals surface area contributed by atoms with Crippen LogP contribution in [-0.4, -0.2) is 0 Å². The lowest BCUT2D eigenvalue weighted by Gasteiger charge is -2.04. The van der Waals surface area contributed by atoms with Crippen LogP contribution in [0.4, 0.5) is 0 Å². The molecule has 0 atom stereocenters. The molecule has 16 heavy (non-hydrogen) atoms. The normalized spacial score (nSPS) is 9.81. The lowest BCUT2D eigenvalue weighted by molar-refractivity contribution is 1.39. The Bertz CT molecular complexity index is 550. The maximum absolute atomic E-state index is 8.86. The Morgan fingerprint density at radius 3 is 2.19 bits per heavy atom. The van der Waals surface area contributed by atoms with Crippen LogP contribution in [-0.2, 0) is 0 Å². The van der Waals surface area contributed by atoms with E-state index in [1.54, 1.807) is 0 Å². The van der Waals surface area contributed by atoms with Gasteiger partial charge in [0.2, 0.25) is 0 Å². The van der Waals surface area contributed by atoms with Gasteiger partial charge in [0.05, 0.1) is 11.6 Å². The van der Waals surface area contributed by atoms with E-state index in [1.165, 1.54) is 0 Å². The molecule has 0 N–H and O–H groups in total. The minimum absolute atomic E-state index is 0.731. The van der Waals surface area contributed by atoms with Gasteiger partial charge in [0.1, 0.15) is 0 Å². The van der Waals surface area contributed by atoms with Crippen molar-refractivity contribution in [2.24, 2.45) is 0 Å². The lowest BCUT2D eigenvalue weighted by Crippen LogP contribution is -1.84. The van der Waals surface area contributed by atoms with Crippen LogP contribution in [0.3, 0.4) is 0 Å². The number of rotatable bonds is 1. The molecule has 78 valence electrons. The molecule has 0 saturated heterocycles. The van der Waals surface area contributed by atoms with Gasteiger partial charge in [-0.3, -0.25) is 0 Å². The molecular weight excluding hydrogens is 214 g/mol. The summed E-state index contributed by atoms with van der Waals surface area (Å²) in [5, 5.41) is 8.86. The Balaban J connectivity index is 2.46. The fourth-order valence-electron chi connectivity index (χ4n) is 1.62. The number of nitriles is 1. The summed E-state index contributed by atoms with van der Waals surface area (Å²) in [5.74, 6) is 0. The Morgan fingerprint density at radius 1 is 1.00 bits per heavy atom. The van der Waals surface area contributed by atoms with E-state index in [0.717, 1.165) is 27.1 Å². The second-order valence-electron chi connectivity index (χ2n) is 3.69. The molecule has 0 unspecified atom stereocenters. The predicted octanol–water partition coefficient (Wildman–Crippen LogP) is 3.82. The third-order valence-electron chi connectivity index (χ3n) is 2.55. The van der Waals surface area contributed by atoms with Crippen LogP contribution < -0.4 is 0 Å². The first-order chi connectivity index (χ1) is 7.70. The van der Waals surface area contributed by atoms with Crippen LogP contribution in [0.25, 0.3) is 11.1 Å². The van der Waals surface area contributed by atoms with Gasteiger partial charge in [0.25, 0.3) is 0 Å². The van der Waals surface area contributed by atoms with E-state index in [2.05, 4.69) is 18.7 Å². The second kappa shape index (κ2) is 4.42. The molecule has 0 amide bonds. The molecule has 0 aliphatic carbocycles.